The summed E-state index contributed by atoms with van der Waals surface area (Å²) in [5.74, 6) is 1.57. The Morgan fingerprint density at radius 2 is 2.14 bits per heavy atom. The van der Waals surface area contributed by atoms with Crippen molar-refractivity contribution in [2.24, 2.45) is 0 Å². The van der Waals surface area contributed by atoms with Crippen LogP contribution in [0, 0.1) is 6.92 Å². The summed E-state index contributed by atoms with van der Waals surface area (Å²) in [6, 6.07) is 5.97. The molecule has 3 aromatic rings. The van der Waals surface area contributed by atoms with Crippen LogP contribution in [0.15, 0.2) is 24.4 Å². The van der Waals surface area contributed by atoms with Gasteiger partial charge in [-0.2, -0.15) is 0 Å². The smallest absolute Gasteiger partial charge is 0.341 e. The number of hydrogen-bond donors (Lipinski definition) is 1. The summed E-state index contributed by atoms with van der Waals surface area (Å²) in [4.78, 5) is 17.0. The number of benzene rings is 1. The minimum absolute atomic E-state index is 0.321. The van der Waals surface area contributed by atoms with Crippen LogP contribution in [0.2, 0.25) is 0 Å². The number of anilines is 1. The number of hydrogen-bond acceptors (Lipinski definition) is 6. The van der Waals surface area contributed by atoms with Crippen molar-refractivity contribution in [3.05, 3.63) is 47.2 Å². The second kappa shape index (κ2) is 7.96. The Morgan fingerprint density at radius 1 is 1.25 bits per heavy atom. The van der Waals surface area contributed by atoms with E-state index in [4.69, 9.17) is 4.74 Å². The average molecular weight is 379 g/mol. The summed E-state index contributed by atoms with van der Waals surface area (Å²) in [5.41, 5.74) is 3.11. The Hall–Kier alpha value is -2.96. The number of nitrogens with one attached hydrogen (secondary N) is 1. The van der Waals surface area contributed by atoms with E-state index < -0.39 is 0 Å². The van der Waals surface area contributed by atoms with E-state index in [0.29, 0.717) is 18.7 Å². The maximum Gasteiger partial charge on any atom is 0.341 e. The summed E-state index contributed by atoms with van der Waals surface area (Å²) < 4.78 is 7.45. The van der Waals surface area contributed by atoms with E-state index in [9.17, 15) is 4.79 Å². The molecule has 1 aliphatic rings. The van der Waals surface area contributed by atoms with Gasteiger partial charge in [-0.25, -0.2) is 4.79 Å². The fourth-order valence-electron chi connectivity index (χ4n) is 3.77. The van der Waals surface area contributed by atoms with Gasteiger partial charge >= 0.3 is 5.97 Å². The summed E-state index contributed by atoms with van der Waals surface area (Å²) in [6.07, 6.45) is 6.09. The minimum Gasteiger partial charge on any atom is -0.462 e. The molecule has 7 nitrogen and oxygen atoms in total. The second-order valence-corrected chi connectivity index (χ2v) is 7.09. The zero-order chi connectivity index (χ0) is 19.5. The van der Waals surface area contributed by atoms with Crippen molar-refractivity contribution >= 4 is 22.6 Å². The van der Waals surface area contributed by atoms with Gasteiger partial charge in [0, 0.05) is 24.5 Å². The van der Waals surface area contributed by atoms with Gasteiger partial charge < -0.3 is 14.6 Å². The van der Waals surface area contributed by atoms with Crippen LogP contribution in [-0.4, -0.2) is 32.3 Å². The van der Waals surface area contributed by atoms with Gasteiger partial charge in [-0.05, 0) is 32.3 Å². The number of carbonyl (C=O) groups is 1. The van der Waals surface area contributed by atoms with Crippen molar-refractivity contribution in [1.29, 1.82) is 0 Å². The Kier molecular flexibility index (Phi) is 5.23. The molecule has 0 atom stereocenters. The summed E-state index contributed by atoms with van der Waals surface area (Å²) in [6.45, 7) is 5.57. The first-order chi connectivity index (χ1) is 13.7. The SMILES string of the molecule is CCOC(=O)c1cnc2c(C)cccc2c1NCc1nnc2n1CCCCC2. The lowest BCUT2D eigenvalue weighted by Gasteiger charge is -2.15. The van der Waals surface area contributed by atoms with E-state index in [1.165, 1.54) is 6.42 Å². The molecule has 0 bridgehead atoms. The molecular formula is C21H25N5O2. The number of aryl methyl sites for hydroxylation is 2. The molecule has 0 amide bonds. The Labute approximate surface area is 164 Å². The maximum absolute atomic E-state index is 12.5. The predicted octanol–water partition coefficient (Wildman–Crippen LogP) is 3.65. The van der Waals surface area contributed by atoms with E-state index in [2.05, 4.69) is 25.1 Å². The fourth-order valence-corrected chi connectivity index (χ4v) is 3.77. The number of para-hydroxylation sites is 1. The van der Waals surface area contributed by atoms with Crippen molar-refractivity contribution in [1.82, 2.24) is 19.7 Å². The summed E-state index contributed by atoms with van der Waals surface area (Å²) in [7, 11) is 0. The molecule has 1 aromatic carbocycles. The molecule has 0 fully saturated rings. The summed E-state index contributed by atoms with van der Waals surface area (Å²) in [5, 5.41) is 13.1. The van der Waals surface area contributed by atoms with Crippen molar-refractivity contribution < 1.29 is 9.53 Å². The van der Waals surface area contributed by atoms with Crippen LogP contribution >= 0.6 is 0 Å². The van der Waals surface area contributed by atoms with Crippen LogP contribution in [0.3, 0.4) is 0 Å². The standard InChI is InChI=1S/C21H25N5O2/c1-3-28-21(27)16-12-22-19-14(2)8-7-9-15(19)20(16)23-13-18-25-24-17-10-5-4-6-11-26(17)18/h7-9,12H,3-6,10-11,13H2,1-2H3,(H,22,23). The third-order valence-electron chi connectivity index (χ3n) is 5.20. The van der Waals surface area contributed by atoms with Crippen molar-refractivity contribution in [3.63, 3.8) is 0 Å². The van der Waals surface area contributed by atoms with Crippen molar-refractivity contribution in [3.8, 4) is 0 Å². The molecule has 4 rings (SSSR count). The van der Waals surface area contributed by atoms with Crippen LogP contribution in [-0.2, 0) is 24.2 Å². The average Bonchev–Trinajstić information content (AvgIpc) is 2.92. The number of rotatable bonds is 5. The molecule has 146 valence electrons. The van der Waals surface area contributed by atoms with Crippen LogP contribution in [0.5, 0.6) is 0 Å². The number of aromatic nitrogens is 4. The lowest BCUT2D eigenvalue weighted by atomic mass is 10.1. The highest BCUT2D eigenvalue weighted by Gasteiger charge is 2.19. The first-order valence-corrected chi connectivity index (χ1v) is 9.89. The van der Waals surface area contributed by atoms with Crippen molar-refractivity contribution in [2.45, 2.75) is 52.6 Å². The molecule has 7 heteroatoms. The van der Waals surface area contributed by atoms with Gasteiger partial charge in [0.25, 0.3) is 0 Å². The predicted molar refractivity (Wildman–Crippen MR) is 107 cm³/mol. The highest BCUT2D eigenvalue weighted by molar-refractivity contribution is 6.05. The number of esters is 1. The van der Waals surface area contributed by atoms with Crippen LogP contribution in [0.4, 0.5) is 5.69 Å². The lowest BCUT2D eigenvalue weighted by molar-refractivity contribution is 0.0527. The summed E-state index contributed by atoms with van der Waals surface area (Å²) >= 11 is 0. The number of pyridine rings is 1. The molecule has 0 unspecified atom stereocenters. The van der Waals surface area contributed by atoms with Gasteiger partial charge in [0.15, 0.2) is 5.82 Å². The molecule has 28 heavy (non-hydrogen) atoms. The molecule has 2 aromatic heterocycles. The zero-order valence-electron chi connectivity index (χ0n) is 16.4. The Morgan fingerprint density at radius 3 is 3.00 bits per heavy atom. The quantitative estimate of drug-likeness (QED) is 0.682. The first-order valence-electron chi connectivity index (χ1n) is 9.89. The molecular weight excluding hydrogens is 354 g/mol. The lowest BCUT2D eigenvalue weighted by Crippen LogP contribution is -2.14. The minimum atomic E-state index is -0.374. The van der Waals surface area contributed by atoms with E-state index in [1.54, 1.807) is 13.1 Å². The fraction of sp³-hybridized carbons (Fsp3) is 0.429. The molecule has 0 radical (unpaired) electrons. The van der Waals surface area contributed by atoms with Crippen LogP contribution in [0.25, 0.3) is 10.9 Å². The Bertz CT molecular complexity index is 1010. The van der Waals surface area contributed by atoms with E-state index in [1.807, 2.05) is 25.1 Å². The van der Waals surface area contributed by atoms with Gasteiger partial charge in [-0.15, -0.1) is 10.2 Å². The van der Waals surface area contributed by atoms with E-state index >= 15 is 0 Å². The molecule has 1 N–H and O–H groups in total. The normalized spacial score (nSPS) is 13.8. The molecule has 3 heterocycles. The first kappa shape index (κ1) is 18.4. The number of nitrogens with zero attached hydrogens (tertiary/aromatic N) is 4. The third-order valence-corrected chi connectivity index (χ3v) is 5.20. The van der Waals surface area contributed by atoms with Gasteiger partial charge in [-0.3, -0.25) is 4.98 Å². The third kappa shape index (κ3) is 3.44. The number of ether oxygens (including phenoxy) is 1. The highest BCUT2D eigenvalue weighted by atomic mass is 16.5. The van der Waals surface area contributed by atoms with Gasteiger partial charge in [0.2, 0.25) is 0 Å². The molecule has 0 aliphatic carbocycles. The van der Waals surface area contributed by atoms with Gasteiger partial charge in [0.05, 0.1) is 24.4 Å². The number of fused-ring (bicyclic) bond motifs is 2. The van der Waals surface area contributed by atoms with E-state index in [-0.39, 0.29) is 5.97 Å². The maximum atomic E-state index is 12.5. The monoisotopic (exact) mass is 379 g/mol. The topological polar surface area (TPSA) is 81.9 Å². The van der Waals surface area contributed by atoms with Gasteiger partial charge in [-0.1, -0.05) is 24.6 Å². The molecule has 0 saturated heterocycles. The van der Waals surface area contributed by atoms with E-state index in [0.717, 1.165) is 59.6 Å². The van der Waals surface area contributed by atoms with Crippen molar-refractivity contribution in [2.75, 3.05) is 11.9 Å². The van der Waals surface area contributed by atoms with Gasteiger partial charge in [0.1, 0.15) is 11.4 Å². The highest BCUT2D eigenvalue weighted by Crippen LogP contribution is 2.29. The molecule has 1 aliphatic heterocycles. The van der Waals surface area contributed by atoms with Crippen LogP contribution < -0.4 is 5.32 Å². The number of carbonyl (C=O) groups excluding carboxylic acids is 1. The molecule has 0 saturated carbocycles. The molecule has 0 spiro atoms. The zero-order valence-corrected chi connectivity index (χ0v) is 16.4. The Balaban J connectivity index is 1.71. The largest absolute Gasteiger partial charge is 0.462 e. The second-order valence-electron chi connectivity index (χ2n) is 7.09. The van der Waals surface area contributed by atoms with Crippen LogP contribution in [0.1, 0.15) is 53.8 Å².